The molecule has 18 heavy (non-hydrogen) atoms. The average molecular weight is 272 g/mol. The Labute approximate surface area is 112 Å². The molecule has 6 heteroatoms. The van der Waals surface area contributed by atoms with Crippen LogP contribution in [0.3, 0.4) is 0 Å². The van der Waals surface area contributed by atoms with Gasteiger partial charge in [-0.15, -0.1) is 12.4 Å². The molecule has 5 nitrogen and oxygen atoms in total. The number of nitrogens with one attached hydrogen (secondary N) is 2. The molecule has 0 bridgehead atoms. The van der Waals surface area contributed by atoms with Crippen LogP contribution in [0.1, 0.15) is 28.9 Å². The van der Waals surface area contributed by atoms with Gasteiger partial charge in [0.2, 0.25) is 0 Å². The van der Waals surface area contributed by atoms with Crippen LogP contribution in [0.5, 0.6) is 0 Å². The van der Waals surface area contributed by atoms with Gasteiger partial charge in [-0.3, -0.25) is 9.59 Å². The summed E-state index contributed by atoms with van der Waals surface area (Å²) in [5.74, 6) is 0.141. The first kappa shape index (κ1) is 14.7. The number of aromatic nitrogens is 1. The molecule has 0 radical (unpaired) electrons. The number of hydrogen-bond acceptors (Lipinski definition) is 3. The van der Waals surface area contributed by atoms with E-state index in [1.165, 1.54) is 0 Å². The first-order chi connectivity index (χ1) is 8.11. The van der Waals surface area contributed by atoms with E-state index in [9.17, 15) is 9.59 Å². The summed E-state index contributed by atoms with van der Waals surface area (Å²) < 4.78 is 0. The van der Waals surface area contributed by atoms with Crippen LogP contribution < -0.4 is 16.6 Å². The quantitative estimate of drug-likeness (QED) is 0.748. The summed E-state index contributed by atoms with van der Waals surface area (Å²) in [5, 5.41) is 2.82. The van der Waals surface area contributed by atoms with Crippen molar-refractivity contribution in [3.8, 4) is 0 Å². The zero-order chi connectivity index (χ0) is 12.4. The van der Waals surface area contributed by atoms with Gasteiger partial charge in [0, 0.05) is 18.3 Å². The second-order valence-electron chi connectivity index (χ2n) is 4.54. The molecule has 0 aliphatic heterocycles. The Morgan fingerprint density at radius 1 is 1.56 bits per heavy atom. The van der Waals surface area contributed by atoms with Gasteiger partial charge in [0.25, 0.3) is 11.5 Å². The fourth-order valence-electron chi connectivity index (χ4n) is 1.86. The van der Waals surface area contributed by atoms with Gasteiger partial charge in [-0.25, -0.2) is 0 Å². The minimum Gasteiger partial charge on any atom is -0.348 e. The van der Waals surface area contributed by atoms with Gasteiger partial charge >= 0.3 is 0 Å². The monoisotopic (exact) mass is 271 g/mol. The first-order valence-electron chi connectivity index (χ1n) is 5.82. The summed E-state index contributed by atoms with van der Waals surface area (Å²) in [7, 11) is 0. The molecular weight excluding hydrogens is 254 g/mol. The van der Waals surface area contributed by atoms with E-state index in [0.29, 0.717) is 12.5 Å². The van der Waals surface area contributed by atoms with Crippen molar-refractivity contribution in [2.24, 2.45) is 11.7 Å². The number of nitrogens with two attached hydrogens (primary N) is 1. The maximum Gasteiger partial charge on any atom is 0.260 e. The van der Waals surface area contributed by atoms with Crippen LogP contribution in [-0.2, 0) is 0 Å². The largest absolute Gasteiger partial charge is 0.348 e. The van der Waals surface area contributed by atoms with E-state index in [1.54, 1.807) is 19.1 Å². The van der Waals surface area contributed by atoms with Crippen LogP contribution in [0.2, 0.25) is 0 Å². The van der Waals surface area contributed by atoms with Crippen molar-refractivity contribution in [2.75, 3.05) is 6.54 Å². The van der Waals surface area contributed by atoms with Gasteiger partial charge in [0.15, 0.2) is 0 Å². The smallest absolute Gasteiger partial charge is 0.260 e. The number of halogens is 1. The third-order valence-corrected chi connectivity index (χ3v) is 3.06. The van der Waals surface area contributed by atoms with E-state index >= 15 is 0 Å². The summed E-state index contributed by atoms with van der Waals surface area (Å²) in [5.41, 5.74) is 6.14. The molecule has 4 N–H and O–H groups in total. The summed E-state index contributed by atoms with van der Waals surface area (Å²) in [6, 6.07) is 3.25. The highest BCUT2D eigenvalue weighted by Gasteiger charge is 2.31. The highest BCUT2D eigenvalue weighted by molar-refractivity contribution is 5.94. The van der Waals surface area contributed by atoms with Crippen LogP contribution in [0.25, 0.3) is 0 Å². The molecule has 0 spiro atoms. The van der Waals surface area contributed by atoms with E-state index in [1.807, 2.05) is 0 Å². The van der Waals surface area contributed by atoms with Crippen molar-refractivity contribution in [3.05, 3.63) is 33.7 Å². The van der Waals surface area contributed by atoms with Gasteiger partial charge < -0.3 is 16.0 Å². The van der Waals surface area contributed by atoms with E-state index in [-0.39, 0.29) is 35.5 Å². The van der Waals surface area contributed by atoms with Crippen molar-refractivity contribution < 1.29 is 4.79 Å². The molecule has 1 saturated carbocycles. The van der Waals surface area contributed by atoms with E-state index in [0.717, 1.165) is 18.5 Å². The number of pyridine rings is 1. The zero-order valence-corrected chi connectivity index (χ0v) is 11.0. The summed E-state index contributed by atoms with van der Waals surface area (Å²) in [6.07, 6.45) is 2.21. The summed E-state index contributed by atoms with van der Waals surface area (Å²) in [6.45, 7) is 2.19. The number of aryl methyl sites for hydroxylation is 1. The predicted octanol–water partition coefficient (Wildman–Crippen LogP) is 0.572. The minimum atomic E-state index is -0.353. The lowest BCUT2D eigenvalue weighted by molar-refractivity contribution is 0.0932. The highest BCUT2D eigenvalue weighted by atomic mass is 35.5. The molecule has 1 aliphatic carbocycles. The topological polar surface area (TPSA) is 88.0 Å². The second kappa shape index (κ2) is 6.02. The van der Waals surface area contributed by atoms with Crippen molar-refractivity contribution >= 4 is 18.3 Å². The second-order valence-corrected chi connectivity index (χ2v) is 4.54. The molecule has 1 amide bonds. The Balaban J connectivity index is 0.00000162. The Bertz CT molecular complexity index is 482. The molecule has 0 aromatic carbocycles. The van der Waals surface area contributed by atoms with Crippen LogP contribution in [0, 0.1) is 12.8 Å². The van der Waals surface area contributed by atoms with E-state index < -0.39 is 0 Å². The maximum atomic E-state index is 11.9. The number of amides is 1. The van der Waals surface area contributed by atoms with Crippen molar-refractivity contribution in [2.45, 2.75) is 25.8 Å². The first-order valence-corrected chi connectivity index (χ1v) is 5.82. The predicted molar refractivity (Wildman–Crippen MR) is 72.1 cm³/mol. The van der Waals surface area contributed by atoms with Gasteiger partial charge in [-0.05, 0) is 37.8 Å². The number of carbonyl (C=O) groups excluding carboxylic acids is 1. The maximum absolute atomic E-state index is 11.9. The molecule has 2 rings (SSSR count). The molecule has 1 aromatic rings. The summed E-state index contributed by atoms with van der Waals surface area (Å²) >= 11 is 0. The number of H-pyrrole nitrogens is 1. The van der Waals surface area contributed by atoms with Gasteiger partial charge in [0.05, 0.1) is 0 Å². The molecule has 1 aliphatic rings. The molecule has 0 saturated heterocycles. The third kappa shape index (κ3) is 3.34. The fourth-order valence-corrected chi connectivity index (χ4v) is 1.86. The zero-order valence-electron chi connectivity index (χ0n) is 10.2. The highest BCUT2D eigenvalue weighted by Crippen LogP contribution is 2.32. The van der Waals surface area contributed by atoms with Crippen molar-refractivity contribution in [3.63, 3.8) is 0 Å². The number of carbonyl (C=O) groups is 1. The lowest BCUT2D eigenvalue weighted by Gasteiger charge is -2.15. The standard InChI is InChI=1S/C12H17N3O2.ClH/c1-7-2-5-9(11(16)14-7)12(17)15-10(6-13)8-3-4-8;/h2,5,8,10H,3-4,6,13H2,1H3,(H,14,16)(H,15,17);1H. The fraction of sp³-hybridized carbons (Fsp3) is 0.500. The van der Waals surface area contributed by atoms with Crippen molar-refractivity contribution in [1.82, 2.24) is 10.3 Å². The third-order valence-electron chi connectivity index (χ3n) is 3.06. The SMILES string of the molecule is Cc1ccc(C(=O)NC(CN)C2CC2)c(=O)[nH]1.Cl. The van der Waals surface area contributed by atoms with Crippen LogP contribution in [-0.4, -0.2) is 23.5 Å². The average Bonchev–Trinajstić information content (AvgIpc) is 3.09. The van der Waals surface area contributed by atoms with Crippen LogP contribution in [0.4, 0.5) is 0 Å². The Kier molecular flexibility index (Phi) is 4.93. The minimum absolute atomic E-state index is 0. The molecule has 1 unspecified atom stereocenters. The lowest BCUT2D eigenvalue weighted by atomic mass is 10.1. The van der Waals surface area contributed by atoms with Gasteiger partial charge in [0.1, 0.15) is 5.56 Å². The Hall–Kier alpha value is -1.33. The number of aromatic amines is 1. The number of rotatable bonds is 4. The van der Waals surface area contributed by atoms with Gasteiger partial charge in [-0.1, -0.05) is 0 Å². The van der Waals surface area contributed by atoms with Crippen LogP contribution in [0.15, 0.2) is 16.9 Å². The molecular formula is C12H18ClN3O2. The van der Waals surface area contributed by atoms with Gasteiger partial charge in [-0.2, -0.15) is 0 Å². The number of hydrogen-bond donors (Lipinski definition) is 3. The Morgan fingerprint density at radius 2 is 2.22 bits per heavy atom. The molecule has 1 heterocycles. The lowest BCUT2D eigenvalue weighted by Crippen LogP contribution is -2.43. The molecule has 1 aromatic heterocycles. The van der Waals surface area contributed by atoms with E-state index in [4.69, 9.17) is 5.73 Å². The molecule has 1 atom stereocenters. The normalized spacial score (nSPS) is 15.7. The van der Waals surface area contributed by atoms with E-state index in [2.05, 4.69) is 10.3 Å². The van der Waals surface area contributed by atoms with Crippen molar-refractivity contribution in [1.29, 1.82) is 0 Å². The molecule has 1 fully saturated rings. The summed E-state index contributed by atoms with van der Waals surface area (Å²) in [4.78, 5) is 26.1. The molecule has 100 valence electrons. The van der Waals surface area contributed by atoms with Crippen LogP contribution >= 0.6 is 12.4 Å². The Morgan fingerprint density at radius 3 is 2.72 bits per heavy atom.